The van der Waals surface area contributed by atoms with Crippen LogP contribution in [-0.2, 0) is 42.2 Å². The molecule has 0 saturated carbocycles. The topological polar surface area (TPSA) is 155 Å². The van der Waals surface area contributed by atoms with E-state index in [9.17, 15) is 28.9 Å². The van der Waals surface area contributed by atoms with Gasteiger partial charge < -0.3 is 24.2 Å². The van der Waals surface area contributed by atoms with Crippen LogP contribution in [-0.4, -0.2) is 66.5 Å². The maximum Gasteiger partial charge on any atom is 0.472 e. The van der Waals surface area contributed by atoms with Gasteiger partial charge in [-0.15, -0.1) is 0 Å². The molecular weight excluding hydrogens is 880 g/mol. The smallest absolute Gasteiger partial charge is 0.462 e. The van der Waals surface area contributed by atoms with Gasteiger partial charge in [0.15, 0.2) is 6.10 Å². The number of carbonyl (C=O) groups excluding carboxylic acids is 3. The predicted molar refractivity (Wildman–Crippen MR) is 279 cm³/mol. The fourth-order valence-corrected chi connectivity index (χ4v) is 8.53. The fraction of sp³-hybridized carbons (Fsp3) is 0.839. The van der Waals surface area contributed by atoms with Crippen molar-refractivity contribution in [3.05, 3.63) is 36.5 Å². The summed E-state index contributed by atoms with van der Waals surface area (Å²) in [5.74, 6) is -1.47. The number of unbranched alkanes of at least 4 members (excludes halogenated alkanes) is 29. The molecule has 3 atom stereocenters. The van der Waals surface area contributed by atoms with Crippen molar-refractivity contribution >= 4 is 25.7 Å². The molecule has 3 unspecified atom stereocenters. The molecule has 0 aromatic heterocycles. The zero-order valence-corrected chi connectivity index (χ0v) is 44.7. The molecule has 68 heavy (non-hydrogen) atoms. The molecule has 0 amide bonds. The molecule has 0 heterocycles. The lowest BCUT2D eigenvalue weighted by Crippen LogP contribution is -2.30. The highest BCUT2D eigenvalue weighted by Gasteiger charge is 2.28. The Bertz CT molecular complexity index is 1280. The molecule has 0 bridgehead atoms. The first kappa shape index (κ1) is 65.7. The van der Waals surface area contributed by atoms with Crippen molar-refractivity contribution in [3.8, 4) is 0 Å². The number of ether oxygens (including phenoxy) is 3. The number of phosphoric ester groups is 1. The van der Waals surface area contributed by atoms with Gasteiger partial charge in [-0.05, 0) is 70.6 Å². The van der Waals surface area contributed by atoms with Gasteiger partial charge in [0.05, 0.1) is 19.8 Å². The molecule has 2 N–H and O–H groups in total. The van der Waals surface area contributed by atoms with Crippen molar-refractivity contribution in [2.45, 2.75) is 277 Å². The number of rotatable bonds is 52. The molecule has 11 nitrogen and oxygen atoms in total. The lowest BCUT2D eigenvalue weighted by Gasteiger charge is -2.21. The van der Waals surface area contributed by atoms with E-state index in [0.717, 1.165) is 109 Å². The third-order valence-corrected chi connectivity index (χ3v) is 13.0. The van der Waals surface area contributed by atoms with E-state index in [4.69, 9.17) is 23.3 Å². The van der Waals surface area contributed by atoms with Crippen LogP contribution in [0.1, 0.15) is 265 Å². The van der Waals surface area contributed by atoms with Gasteiger partial charge in [-0.3, -0.25) is 23.4 Å². The number of aliphatic hydroxyl groups excluding tert-OH is 1. The normalized spacial score (nSPS) is 13.7. The third-order valence-electron chi connectivity index (χ3n) is 12.0. The largest absolute Gasteiger partial charge is 0.472 e. The van der Waals surface area contributed by atoms with Crippen LogP contribution in [0.15, 0.2) is 36.5 Å². The molecule has 0 aliphatic rings. The average molecular weight is 983 g/mol. The van der Waals surface area contributed by atoms with E-state index in [1.807, 2.05) is 0 Å². The van der Waals surface area contributed by atoms with Crippen molar-refractivity contribution in [3.63, 3.8) is 0 Å². The van der Waals surface area contributed by atoms with Gasteiger partial charge in [0.1, 0.15) is 12.7 Å². The number of allylic oxidation sites excluding steroid dienone is 6. The monoisotopic (exact) mass is 983 g/mol. The number of esters is 3. The Balaban J connectivity index is 4.71. The summed E-state index contributed by atoms with van der Waals surface area (Å²) in [5.41, 5.74) is 0. The molecule has 0 rings (SSSR count). The van der Waals surface area contributed by atoms with E-state index in [2.05, 4.69) is 57.2 Å². The Morgan fingerprint density at radius 2 is 0.750 bits per heavy atom. The summed E-state index contributed by atoms with van der Waals surface area (Å²) in [6.07, 6.45) is 51.0. The third kappa shape index (κ3) is 48.7. The molecule has 0 aromatic carbocycles. The van der Waals surface area contributed by atoms with Crippen molar-refractivity contribution < 1.29 is 52.2 Å². The summed E-state index contributed by atoms with van der Waals surface area (Å²) in [6.45, 7) is 4.56. The Kier molecular flexibility index (Phi) is 49.3. The number of hydrogen-bond donors (Lipinski definition) is 2. The molecule has 398 valence electrons. The first-order valence-electron chi connectivity index (χ1n) is 27.9. The van der Waals surface area contributed by atoms with Gasteiger partial charge in [0.2, 0.25) is 0 Å². The second-order valence-corrected chi connectivity index (χ2v) is 20.2. The fourth-order valence-electron chi connectivity index (χ4n) is 7.74. The van der Waals surface area contributed by atoms with Crippen LogP contribution >= 0.6 is 7.82 Å². The minimum atomic E-state index is -4.74. The van der Waals surface area contributed by atoms with Gasteiger partial charge in [-0.1, -0.05) is 211 Å². The molecular formula is C56H103O11P. The van der Waals surface area contributed by atoms with Crippen molar-refractivity contribution in [2.24, 2.45) is 0 Å². The summed E-state index contributed by atoms with van der Waals surface area (Å²) < 4.78 is 39.4. The summed E-state index contributed by atoms with van der Waals surface area (Å²) in [6, 6.07) is 0. The first-order chi connectivity index (χ1) is 33.2. The van der Waals surface area contributed by atoms with Crippen LogP contribution in [0.25, 0.3) is 0 Å². The summed E-state index contributed by atoms with van der Waals surface area (Å²) >= 11 is 0. The van der Waals surface area contributed by atoms with E-state index in [0.29, 0.717) is 19.3 Å². The quantitative estimate of drug-likeness (QED) is 0.0197. The maximum atomic E-state index is 12.9. The first-order valence-corrected chi connectivity index (χ1v) is 29.4. The highest BCUT2D eigenvalue weighted by atomic mass is 31.2. The van der Waals surface area contributed by atoms with E-state index in [-0.39, 0.29) is 25.9 Å². The number of aliphatic hydroxyl groups is 1. The van der Waals surface area contributed by atoms with Crippen LogP contribution in [0.2, 0.25) is 0 Å². The second kappa shape index (κ2) is 51.1. The second-order valence-electron chi connectivity index (χ2n) is 18.7. The van der Waals surface area contributed by atoms with Crippen molar-refractivity contribution in [1.82, 2.24) is 0 Å². The SMILES string of the molecule is CCC/C=C\C/C=C\CCCCCCCC(=O)OC(COC(=O)CCCCCCCCCCCCCCCCC)COP(=O)(O)OCC(CO)OC(=O)CCCCCCC/C=C\CCCCCC. The average Bonchev–Trinajstić information content (AvgIpc) is 3.32. The van der Waals surface area contributed by atoms with Gasteiger partial charge >= 0.3 is 25.7 Å². The van der Waals surface area contributed by atoms with Crippen LogP contribution in [0, 0.1) is 0 Å². The summed E-state index contributed by atoms with van der Waals surface area (Å²) in [4.78, 5) is 48.4. The Morgan fingerprint density at radius 3 is 1.18 bits per heavy atom. The van der Waals surface area contributed by atoms with Gasteiger partial charge in [-0.2, -0.15) is 0 Å². The number of hydrogen-bond acceptors (Lipinski definition) is 10. The van der Waals surface area contributed by atoms with Gasteiger partial charge in [0.25, 0.3) is 0 Å². The minimum absolute atomic E-state index is 0.154. The van der Waals surface area contributed by atoms with Crippen LogP contribution in [0.4, 0.5) is 0 Å². The van der Waals surface area contributed by atoms with Crippen molar-refractivity contribution in [1.29, 1.82) is 0 Å². The Morgan fingerprint density at radius 1 is 0.412 bits per heavy atom. The van der Waals surface area contributed by atoms with Crippen molar-refractivity contribution in [2.75, 3.05) is 26.4 Å². The van der Waals surface area contributed by atoms with Crippen LogP contribution in [0.3, 0.4) is 0 Å². The standard InChI is InChI=1S/C56H103O11P/c1-4-7-10-13-16-19-22-25-26-29-30-33-36-39-42-45-54(58)63-49-53(67-56(60)47-44-41-38-35-32-28-24-21-18-15-12-9-6-3)51-65-68(61,62)64-50-52(48-57)66-55(59)46-43-40-37-34-31-27-23-20-17-14-11-8-5-2/h12,15,20-21,23-24,52-53,57H,4-11,13-14,16-19,22,25-51H2,1-3H3,(H,61,62)/b15-12-,23-20-,24-21-. The zero-order chi connectivity index (χ0) is 49.9. The highest BCUT2D eigenvalue weighted by molar-refractivity contribution is 7.47. The highest BCUT2D eigenvalue weighted by Crippen LogP contribution is 2.43. The molecule has 0 aliphatic heterocycles. The lowest BCUT2D eigenvalue weighted by molar-refractivity contribution is -0.161. The Labute approximate surface area is 416 Å². The molecule has 12 heteroatoms. The van der Waals surface area contributed by atoms with Crippen LogP contribution < -0.4 is 0 Å². The molecule has 0 fully saturated rings. The number of carbonyl (C=O) groups is 3. The van der Waals surface area contributed by atoms with E-state index >= 15 is 0 Å². The van der Waals surface area contributed by atoms with Gasteiger partial charge in [0, 0.05) is 19.3 Å². The predicted octanol–water partition coefficient (Wildman–Crippen LogP) is 16.0. The molecule has 0 aliphatic carbocycles. The number of phosphoric acid groups is 1. The minimum Gasteiger partial charge on any atom is -0.462 e. The zero-order valence-electron chi connectivity index (χ0n) is 43.8. The van der Waals surface area contributed by atoms with E-state index in [1.165, 1.54) is 96.3 Å². The molecule has 0 spiro atoms. The molecule has 0 radical (unpaired) electrons. The summed E-state index contributed by atoms with van der Waals surface area (Å²) in [7, 11) is -4.74. The van der Waals surface area contributed by atoms with Gasteiger partial charge in [-0.25, -0.2) is 4.57 Å². The van der Waals surface area contributed by atoms with E-state index < -0.39 is 57.8 Å². The molecule has 0 aromatic rings. The maximum absolute atomic E-state index is 12.9. The molecule has 0 saturated heterocycles. The van der Waals surface area contributed by atoms with Crippen LogP contribution in [0.5, 0.6) is 0 Å². The summed E-state index contributed by atoms with van der Waals surface area (Å²) in [5, 5.41) is 9.79. The Hall–Kier alpha value is -2.30. The lowest BCUT2D eigenvalue weighted by atomic mass is 10.0. The van der Waals surface area contributed by atoms with E-state index in [1.54, 1.807) is 0 Å².